The Hall–Kier alpha value is -1.85. The number of rotatable bonds is 3. The van der Waals surface area contributed by atoms with Crippen molar-refractivity contribution < 1.29 is 0 Å². The number of benzene rings is 2. The first kappa shape index (κ1) is 18.9. The molecule has 0 N–H and O–H groups in total. The molecule has 2 aromatic carbocycles. The van der Waals surface area contributed by atoms with Gasteiger partial charge in [-0.2, -0.15) is 5.26 Å². The van der Waals surface area contributed by atoms with Crippen molar-refractivity contribution in [2.75, 3.05) is 5.33 Å². The summed E-state index contributed by atoms with van der Waals surface area (Å²) in [5, 5.41) is 9.77. The highest BCUT2D eigenvalue weighted by Gasteiger charge is 2.36. The van der Waals surface area contributed by atoms with Crippen LogP contribution in [0.3, 0.4) is 0 Å². The van der Waals surface area contributed by atoms with Gasteiger partial charge in [0, 0.05) is 5.33 Å². The van der Waals surface area contributed by atoms with E-state index in [0.29, 0.717) is 5.56 Å². The molecule has 0 radical (unpaired) electrons. The Morgan fingerprint density at radius 1 is 1.00 bits per heavy atom. The molecule has 0 atom stereocenters. The molecule has 0 aromatic heterocycles. The number of fused-ring (bicyclic) bond motifs is 1. The van der Waals surface area contributed by atoms with E-state index in [1.165, 1.54) is 35.1 Å². The van der Waals surface area contributed by atoms with E-state index in [1.807, 2.05) is 24.3 Å². The summed E-state index contributed by atoms with van der Waals surface area (Å²) in [7, 11) is 0. The third kappa shape index (κ3) is 3.64. The van der Waals surface area contributed by atoms with Crippen molar-refractivity contribution in [3.63, 3.8) is 0 Å². The zero-order valence-electron chi connectivity index (χ0n) is 16.1. The normalized spacial score (nSPS) is 18.1. The third-order valence-electron chi connectivity index (χ3n) is 5.75. The van der Waals surface area contributed by atoms with Crippen LogP contribution in [0, 0.1) is 11.3 Å². The summed E-state index contributed by atoms with van der Waals surface area (Å²) in [6.07, 6.45) is 4.72. The Morgan fingerprint density at radius 2 is 1.62 bits per heavy atom. The van der Waals surface area contributed by atoms with Gasteiger partial charge in [0.05, 0.1) is 11.6 Å². The molecule has 1 aliphatic rings. The van der Waals surface area contributed by atoms with E-state index >= 15 is 0 Å². The van der Waals surface area contributed by atoms with Crippen LogP contribution in [0.2, 0.25) is 0 Å². The van der Waals surface area contributed by atoms with Crippen LogP contribution < -0.4 is 0 Å². The summed E-state index contributed by atoms with van der Waals surface area (Å²) in [5.74, 6) is 0. The van der Waals surface area contributed by atoms with E-state index < -0.39 is 0 Å². The van der Waals surface area contributed by atoms with E-state index in [9.17, 15) is 0 Å². The molecule has 0 unspecified atom stereocenters. The molecule has 0 saturated heterocycles. The van der Waals surface area contributed by atoms with Crippen molar-refractivity contribution in [3.05, 3.63) is 70.3 Å². The average Bonchev–Trinajstić information content (AvgIpc) is 2.64. The largest absolute Gasteiger partial charge is 0.192 e. The maximum atomic E-state index is 8.99. The predicted molar refractivity (Wildman–Crippen MR) is 115 cm³/mol. The number of hydrogen-bond acceptors (Lipinski definition) is 1. The topological polar surface area (TPSA) is 23.8 Å². The zero-order chi connectivity index (χ0) is 18.9. The molecule has 26 heavy (non-hydrogen) atoms. The van der Waals surface area contributed by atoms with E-state index in [1.54, 1.807) is 0 Å². The van der Waals surface area contributed by atoms with Gasteiger partial charge in [-0.3, -0.25) is 0 Å². The Balaban J connectivity index is 2.03. The van der Waals surface area contributed by atoms with Crippen molar-refractivity contribution in [2.24, 2.45) is 0 Å². The molecule has 0 amide bonds. The SMILES string of the molecule is CC1(C)CCC(C)(C)c2cc(/C=C(\CBr)c3ccc(C#N)cc3)ccc21. The number of hydrogen-bond donors (Lipinski definition) is 0. The molecule has 134 valence electrons. The van der Waals surface area contributed by atoms with Gasteiger partial charge in [0.1, 0.15) is 0 Å². The lowest BCUT2D eigenvalue weighted by Gasteiger charge is -2.42. The molecule has 2 heteroatoms. The zero-order valence-corrected chi connectivity index (χ0v) is 17.7. The van der Waals surface area contributed by atoms with Gasteiger partial charge in [-0.1, -0.05) is 80.0 Å². The number of allylic oxidation sites excluding steroid dienone is 1. The van der Waals surface area contributed by atoms with E-state index in [-0.39, 0.29) is 10.8 Å². The summed E-state index contributed by atoms with van der Waals surface area (Å²) < 4.78 is 0. The van der Waals surface area contributed by atoms with Crippen molar-refractivity contribution in [3.8, 4) is 6.07 Å². The second kappa shape index (κ2) is 7.05. The molecule has 0 bridgehead atoms. The van der Waals surface area contributed by atoms with Gasteiger partial charge in [-0.15, -0.1) is 0 Å². The maximum absolute atomic E-state index is 8.99. The quantitative estimate of drug-likeness (QED) is 0.403. The fourth-order valence-electron chi connectivity index (χ4n) is 3.86. The van der Waals surface area contributed by atoms with Crippen LogP contribution in [0.15, 0.2) is 42.5 Å². The summed E-state index contributed by atoms with van der Waals surface area (Å²) in [4.78, 5) is 0. The first-order valence-electron chi connectivity index (χ1n) is 9.19. The van der Waals surface area contributed by atoms with Gasteiger partial charge in [0.2, 0.25) is 0 Å². The second-order valence-electron chi connectivity index (χ2n) is 8.57. The molecule has 0 heterocycles. The minimum atomic E-state index is 0.220. The molecule has 0 aliphatic heterocycles. The standard InChI is InChI=1S/C24H26BrN/c1-23(2)11-12-24(3,4)22-14-18(7-10-21(22)23)13-20(15-25)19-8-5-17(16-26)6-9-19/h5-10,13-14H,11-12,15H2,1-4H3/b20-13+. The number of alkyl halides is 1. The van der Waals surface area contributed by atoms with Crippen molar-refractivity contribution in [2.45, 2.75) is 51.4 Å². The van der Waals surface area contributed by atoms with Gasteiger partial charge in [0.25, 0.3) is 0 Å². The molecular formula is C24H26BrN. The summed E-state index contributed by atoms with van der Waals surface area (Å²) in [6, 6.07) is 16.9. The van der Waals surface area contributed by atoms with Crippen LogP contribution in [-0.4, -0.2) is 5.33 Å². The van der Waals surface area contributed by atoms with Crippen LogP contribution in [0.1, 0.15) is 68.4 Å². The van der Waals surface area contributed by atoms with Crippen molar-refractivity contribution in [1.82, 2.24) is 0 Å². The van der Waals surface area contributed by atoms with E-state index in [4.69, 9.17) is 5.26 Å². The lowest BCUT2D eigenvalue weighted by atomic mass is 9.63. The highest BCUT2D eigenvalue weighted by atomic mass is 79.9. The number of nitriles is 1. The van der Waals surface area contributed by atoms with Gasteiger partial charge < -0.3 is 0 Å². The molecule has 0 spiro atoms. The lowest BCUT2D eigenvalue weighted by molar-refractivity contribution is 0.332. The number of nitrogens with zero attached hydrogens (tertiary/aromatic N) is 1. The Labute approximate surface area is 165 Å². The second-order valence-corrected chi connectivity index (χ2v) is 9.13. The fraction of sp³-hybridized carbons (Fsp3) is 0.375. The van der Waals surface area contributed by atoms with Crippen LogP contribution in [0.4, 0.5) is 0 Å². The minimum absolute atomic E-state index is 0.220. The lowest BCUT2D eigenvalue weighted by Crippen LogP contribution is -2.33. The van der Waals surface area contributed by atoms with Crippen LogP contribution >= 0.6 is 15.9 Å². The van der Waals surface area contributed by atoms with Gasteiger partial charge in [-0.25, -0.2) is 0 Å². The summed E-state index contributed by atoms with van der Waals surface area (Å²) >= 11 is 3.63. The molecule has 3 rings (SSSR count). The fourth-order valence-corrected chi connectivity index (χ4v) is 4.34. The Kier molecular flexibility index (Phi) is 5.13. The molecular weight excluding hydrogens is 382 g/mol. The molecule has 1 aliphatic carbocycles. The van der Waals surface area contributed by atoms with Crippen LogP contribution in [0.25, 0.3) is 11.6 Å². The van der Waals surface area contributed by atoms with Crippen molar-refractivity contribution >= 4 is 27.6 Å². The van der Waals surface area contributed by atoms with Gasteiger partial charge in [0.15, 0.2) is 0 Å². The highest BCUT2D eigenvalue weighted by molar-refractivity contribution is 9.09. The molecule has 1 nitrogen and oxygen atoms in total. The van der Waals surface area contributed by atoms with Gasteiger partial charge in [-0.05, 0) is 63.6 Å². The Morgan fingerprint density at radius 3 is 2.19 bits per heavy atom. The monoisotopic (exact) mass is 407 g/mol. The van der Waals surface area contributed by atoms with Crippen LogP contribution in [0.5, 0.6) is 0 Å². The maximum Gasteiger partial charge on any atom is 0.0991 e. The smallest absolute Gasteiger partial charge is 0.0991 e. The predicted octanol–water partition coefficient (Wildman–Crippen LogP) is 6.84. The summed E-state index contributed by atoms with van der Waals surface area (Å²) in [5.41, 5.74) is 7.76. The van der Waals surface area contributed by atoms with Crippen molar-refractivity contribution in [1.29, 1.82) is 5.26 Å². The van der Waals surface area contributed by atoms with E-state index in [0.717, 1.165) is 10.9 Å². The Bertz CT molecular complexity index is 879. The first-order chi connectivity index (χ1) is 12.3. The molecule has 2 aromatic rings. The first-order valence-corrected chi connectivity index (χ1v) is 10.3. The summed E-state index contributed by atoms with van der Waals surface area (Å²) in [6.45, 7) is 9.44. The van der Waals surface area contributed by atoms with Crippen LogP contribution in [-0.2, 0) is 10.8 Å². The van der Waals surface area contributed by atoms with Gasteiger partial charge >= 0.3 is 0 Å². The number of halogens is 1. The van der Waals surface area contributed by atoms with E-state index in [2.05, 4.69) is 74.0 Å². The highest BCUT2D eigenvalue weighted by Crippen LogP contribution is 2.46. The third-order valence-corrected chi connectivity index (χ3v) is 6.35. The minimum Gasteiger partial charge on any atom is -0.192 e. The molecule has 0 saturated carbocycles. The average molecular weight is 408 g/mol. The molecule has 0 fully saturated rings.